The Hall–Kier alpha value is -1.84. The Kier molecular flexibility index (Phi) is 2.90. The Morgan fingerprint density at radius 3 is 2.62 bits per heavy atom. The zero-order valence-corrected chi connectivity index (χ0v) is 9.69. The molecule has 0 saturated carbocycles. The Balaban J connectivity index is 2.42. The van der Waals surface area contributed by atoms with E-state index in [0.29, 0.717) is 5.89 Å². The second-order valence-electron chi connectivity index (χ2n) is 3.91. The molecule has 1 aromatic carbocycles. The minimum absolute atomic E-state index is 0.277. The van der Waals surface area contributed by atoms with Crippen molar-refractivity contribution in [2.24, 2.45) is 0 Å². The molecule has 0 aliphatic carbocycles. The van der Waals surface area contributed by atoms with Crippen molar-refractivity contribution < 1.29 is 4.52 Å². The lowest BCUT2D eigenvalue weighted by atomic mass is 10.1. The fourth-order valence-electron chi connectivity index (χ4n) is 1.47. The topological polar surface area (TPSA) is 51.0 Å². The van der Waals surface area contributed by atoms with Gasteiger partial charge in [-0.2, -0.15) is 4.98 Å². The number of hydrogen-bond acceptors (Lipinski definition) is 4. The SMILES string of the molecule is CNc1ccccc1-c1nc(C(C)C)no1. The number of nitrogens with zero attached hydrogens (tertiary/aromatic N) is 2. The fourth-order valence-corrected chi connectivity index (χ4v) is 1.47. The van der Waals surface area contributed by atoms with Gasteiger partial charge in [-0.05, 0) is 12.1 Å². The van der Waals surface area contributed by atoms with Crippen molar-refractivity contribution >= 4 is 5.69 Å². The molecule has 1 aromatic heterocycles. The van der Waals surface area contributed by atoms with Gasteiger partial charge in [0.05, 0.1) is 5.56 Å². The Bertz CT molecular complexity index is 477. The normalized spacial score (nSPS) is 10.8. The number of nitrogens with one attached hydrogen (secondary N) is 1. The molecule has 0 radical (unpaired) electrons. The Morgan fingerprint density at radius 1 is 1.25 bits per heavy atom. The zero-order valence-electron chi connectivity index (χ0n) is 9.69. The maximum Gasteiger partial charge on any atom is 0.260 e. The van der Waals surface area contributed by atoms with E-state index in [9.17, 15) is 0 Å². The average molecular weight is 217 g/mol. The molecule has 4 nitrogen and oxygen atoms in total. The minimum atomic E-state index is 0.277. The van der Waals surface area contributed by atoms with Crippen LogP contribution in [0.25, 0.3) is 11.5 Å². The van der Waals surface area contributed by atoms with Crippen molar-refractivity contribution in [2.75, 3.05) is 12.4 Å². The molecule has 0 bridgehead atoms. The standard InChI is InChI=1S/C12H15N3O/c1-8(2)11-14-12(16-15-11)9-6-4-5-7-10(9)13-3/h4-8,13H,1-3H3. The summed E-state index contributed by atoms with van der Waals surface area (Å²) in [5, 5.41) is 7.06. The van der Waals surface area contributed by atoms with Crippen LogP contribution in [0.5, 0.6) is 0 Å². The molecular weight excluding hydrogens is 202 g/mol. The third-order valence-corrected chi connectivity index (χ3v) is 2.38. The van der Waals surface area contributed by atoms with E-state index in [4.69, 9.17) is 4.52 Å². The van der Waals surface area contributed by atoms with Crippen molar-refractivity contribution in [2.45, 2.75) is 19.8 Å². The molecule has 2 rings (SSSR count). The smallest absolute Gasteiger partial charge is 0.260 e. The van der Waals surface area contributed by atoms with Gasteiger partial charge in [0.25, 0.3) is 5.89 Å². The minimum Gasteiger partial charge on any atom is -0.387 e. The fraction of sp³-hybridized carbons (Fsp3) is 0.333. The Labute approximate surface area is 94.7 Å². The summed E-state index contributed by atoms with van der Waals surface area (Å²) in [7, 11) is 1.87. The summed E-state index contributed by atoms with van der Waals surface area (Å²) in [5.74, 6) is 1.58. The third-order valence-electron chi connectivity index (χ3n) is 2.38. The summed E-state index contributed by atoms with van der Waals surface area (Å²) in [6.07, 6.45) is 0. The molecule has 0 amide bonds. The highest BCUT2D eigenvalue weighted by molar-refractivity contribution is 5.72. The van der Waals surface area contributed by atoms with Gasteiger partial charge in [-0.15, -0.1) is 0 Å². The van der Waals surface area contributed by atoms with E-state index in [0.717, 1.165) is 17.1 Å². The molecule has 16 heavy (non-hydrogen) atoms. The second kappa shape index (κ2) is 4.35. The quantitative estimate of drug-likeness (QED) is 0.858. The first-order valence-electron chi connectivity index (χ1n) is 5.33. The molecular formula is C12H15N3O. The summed E-state index contributed by atoms with van der Waals surface area (Å²) >= 11 is 0. The van der Waals surface area contributed by atoms with Crippen molar-refractivity contribution in [3.63, 3.8) is 0 Å². The third kappa shape index (κ3) is 1.91. The van der Waals surface area contributed by atoms with Crippen LogP contribution in [0.1, 0.15) is 25.6 Å². The first kappa shape index (κ1) is 10.7. The van der Waals surface area contributed by atoms with Gasteiger partial charge >= 0.3 is 0 Å². The molecule has 4 heteroatoms. The number of rotatable bonds is 3. The van der Waals surface area contributed by atoms with E-state index in [1.807, 2.05) is 45.2 Å². The summed E-state index contributed by atoms with van der Waals surface area (Å²) < 4.78 is 5.25. The van der Waals surface area contributed by atoms with Gasteiger partial charge in [-0.1, -0.05) is 31.1 Å². The van der Waals surface area contributed by atoms with E-state index in [1.165, 1.54) is 0 Å². The predicted molar refractivity (Wildman–Crippen MR) is 63.4 cm³/mol. The van der Waals surface area contributed by atoms with Gasteiger partial charge in [0.15, 0.2) is 5.82 Å². The van der Waals surface area contributed by atoms with Gasteiger partial charge in [-0.3, -0.25) is 0 Å². The van der Waals surface area contributed by atoms with Gasteiger partial charge in [0.1, 0.15) is 0 Å². The van der Waals surface area contributed by atoms with E-state index in [1.54, 1.807) is 0 Å². The molecule has 0 spiro atoms. The number of hydrogen-bond donors (Lipinski definition) is 1. The number of benzene rings is 1. The lowest BCUT2D eigenvalue weighted by Crippen LogP contribution is -1.92. The highest BCUT2D eigenvalue weighted by Gasteiger charge is 2.13. The van der Waals surface area contributed by atoms with Crippen molar-refractivity contribution in [1.29, 1.82) is 0 Å². The average Bonchev–Trinajstić information content (AvgIpc) is 2.78. The van der Waals surface area contributed by atoms with Gasteiger partial charge in [0.2, 0.25) is 0 Å². The van der Waals surface area contributed by atoms with Crippen LogP contribution in [0.3, 0.4) is 0 Å². The molecule has 84 valence electrons. The summed E-state index contributed by atoms with van der Waals surface area (Å²) in [6, 6.07) is 7.86. The molecule has 0 aliphatic rings. The van der Waals surface area contributed by atoms with Crippen LogP contribution in [0.4, 0.5) is 5.69 Å². The molecule has 0 unspecified atom stereocenters. The molecule has 0 atom stereocenters. The van der Waals surface area contributed by atoms with Crippen LogP contribution in [-0.2, 0) is 0 Å². The van der Waals surface area contributed by atoms with E-state index in [2.05, 4.69) is 15.5 Å². The highest BCUT2D eigenvalue weighted by atomic mass is 16.5. The van der Waals surface area contributed by atoms with Crippen LogP contribution in [-0.4, -0.2) is 17.2 Å². The maximum atomic E-state index is 5.25. The van der Waals surface area contributed by atoms with Crippen LogP contribution < -0.4 is 5.32 Å². The van der Waals surface area contributed by atoms with Crippen molar-refractivity contribution in [1.82, 2.24) is 10.1 Å². The number of aromatic nitrogens is 2. The molecule has 1 N–H and O–H groups in total. The lowest BCUT2D eigenvalue weighted by molar-refractivity contribution is 0.419. The maximum absolute atomic E-state index is 5.25. The second-order valence-corrected chi connectivity index (χ2v) is 3.91. The van der Waals surface area contributed by atoms with Crippen molar-refractivity contribution in [3.8, 4) is 11.5 Å². The van der Waals surface area contributed by atoms with Crippen molar-refractivity contribution in [3.05, 3.63) is 30.1 Å². The summed E-state index contributed by atoms with van der Waals surface area (Å²) in [6.45, 7) is 4.08. The van der Waals surface area contributed by atoms with E-state index >= 15 is 0 Å². The summed E-state index contributed by atoms with van der Waals surface area (Å²) in [4.78, 5) is 4.37. The van der Waals surface area contributed by atoms with E-state index in [-0.39, 0.29) is 5.92 Å². The summed E-state index contributed by atoms with van der Waals surface area (Å²) in [5.41, 5.74) is 1.92. The number of anilines is 1. The van der Waals surface area contributed by atoms with Gasteiger partial charge in [0, 0.05) is 18.7 Å². The van der Waals surface area contributed by atoms with Gasteiger partial charge in [-0.25, -0.2) is 0 Å². The largest absolute Gasteiger partial charge is 0.387 e. The Morgan fingerprint density at radius 2 is 2.00 bits per heavy atom. The molecule has 2 aromatic rings. The molecule has 1 heterocycles. The van der Waals surface area contributed by atoms with Crippen LogP contribution in [0, 0.1) is 0 Å². The van der Waals surface area contributed by atoms with Gasteiger partial charge < -0.3 is 9.84 Å². The molecule has 0 fully saturated rings. The lowest BCUT2D eigenvalue weighted by Gasteiger charge is -2.03. The van der Waals surface area contributed by atoms with E-state index < -0.39 is 0 Å². The van der Waals surface area contributed by atoms with Crippen LogP contribution in [0.2, 0.25) is 0 Å². The first-order chi connectivity index (χ1) is 7.72. The van der Waals surface area contributed by atoms with Crippen LogP contribution in [0.15, 0.2) is 28.8 Å². The molecule has 0 aliphatic heterocycles. The van der Waals surface area contributed by atoms with Crippen LogP contribution >= 0.6 is 0 Å². The predicted octanol–water partition coefficient (Wildman–Crippen LogP) is 2.90. The zero-order chi connectivity index (χ0) is 11.5. The first-order valence-corrected chi connectivity index (χ1v) is 5.33. The number of para-hydroxylation sites is 1. The molecule has 0 saturated heterocycles. The monoisotopic (exact) mass is 217 g/mol. The highest BCUT2D eigenvalue weighted by Crippen LogP contribution is 2.26.